The van der Waals surface area contributed by atoms with E-state index in [1.807, 2.05) is 20.8 Å². The summed E-state index contributed by atoms with van der Waals surface area (Å²) in [5.41, 5.74) is 0.463. The fourth-order valence-electron chi connectivity index (χ4n) is 2.55. The molecule has 1 saturated heterocycles. The van der Waals surface area contributed by atoms with Gasteiger partial charge in [0.05, 0.1) is 12.6 Å². The highest BCUT2D eigenvalue weighted by Crippen LogP contribution is 2.33. The van der Waals surface area contributed by atoms with Gasteiger partial charge in [-0.2, -0.15) is 0 Å². The first kappa shape index (κ1) is 15.8. The first-order valence-electron chi connectivity index (χ1n) is 7.20. The van der Waals surface area contributed by atoms with Crippen LogP contribution >= 0.6 is 0 Å². The number of carbonyl (C=O) groups excluding carboxylic acids is 1. The summed E-state index contributed by atoms with van der Waals surface area (Å²) in [6.45, 7) is 5.76. The van der Waals surface area contributed by atoms with Gasteiger partial charge in [-0.05, 0) is 45.2 Å². The molecule has 1 aliphatic heterocycles. The number of benzene rings is 1. The molecule has 1 aliphatic rings. The Balaban J connectivity index is 2.18. The molecule has 1 aromatic carbocycles. The van der Waals surface area contributed by atoms with Crippen LogP contribution in [0.5, 0.6) is 0 Å². The Morgan fingerprint density at radius 3 is 2.76 bits per heavy atom. The minimum Gasteiger partial charge on any atom is -0.444 e. The molecule has 0 spiro atoms. The van der Waals surface area contributed by atoms with E-state index in [1.54, 1.807) is 17.0 Å². The molecule has 1 heterocycles. The lowest BCUT2D eigenvalue weighted by molar-refractivity contribution is 0.0224. The molecule has 1 unspecified atom stereocenters. The second-order valence-electron chi connectivity index (χ2n) is 6.34. The number of aliphatic hydroxyl groups is 1. The Kier molecular flexibility index (Phi) is 4.52. The number of rotatable bonds is 2. The monoisotopic (exact) mass is 295 g/mol. The van der Waals surface area contributed by atoms with Crippen LogP contribution in [0.15, 0.2) is 18.2 Å². The van der Waals surface area contributed by atoms with E-state index in [0.717, 1.165) is 18.4 Å². The highest BCUT2D eigenvalue weighted by molar-refractivity contribution is 5.69. The molecule has 1 N–H and O–H groups in total. The van der Waals surface area contributed by atoms with Crippen molar-refractivity contribution in [1.82, 2.24) is 4.90 Å². The second-order valence-corrected chi connectivity index (χ2v) is 6.34. The molecule has 21 heavy (non-hydrogen) atoms. The predicted octanol–water partition coefficient (Wildman–Crippen LogP) is 3.39. The molecule has 0 aliphatic carbocycles. The van der Waals surface area contributed by atoms with Crippen LogP contribution in [0.4, 0.5) is 9.18 Å². The fraction of sp³-hybridized carbons (Fsp3) is 0.562. The van der Waals surface area contributed by atoms with Crippen LogP contribution in [-0.2, 0) is 11.3 Å². The van der Waals surface area contributed by atoms with Gasteiger partial charge in [0.2, 0.25) is 0 Å². The van der Waals surface area contributed by atoms with Gasteiger partial charge in [0.25, 0.3) is 0 Å². The van der Waals surface area contributed by atoms with Crippen molar-refractivity contribution in [2.45, 2.75) is 51.9 Å². The summed E-state index contributed by atoms with van der Waals surface area (Å²) in [5.74, 6) is -0.439. The SMILES string of the molecule is CC(C)(C)OC(=O)N1CCCC1c1ccc(CO)c(F)c1. The third kappa shape index (κ3) is 3.73. The van der Waals surface area contributed by atoms with Gasteiger partial charge in [-0.1, -0.05) is 12.1 Å². The molecular formula is C16H22FNO3. The van der Waals surface area contributed by atoms with E-state index in [9.17, 15) is 9.18 Å². The van der Waals surface area contributed by atoms with Gasteiger partial charge in [0.1, 0.15) is 11.4 Å². The lowest BCUT2D eigenvalue weighted by Gasteiger charge is -2.29. The van der Waals surface area contributed by atoms with Gasteiger partial charge in [0, 0.05) is 12.1 Å². The highest BCUT2D eigenvalue weighted by Gasteiger charge is 2.33. The van der Waals surface area contributed by atoms with E-state index in [0.29, 0.717) is 6.54 Å². The smallest absolute Gasteiger partial charge is 0.410 e. The Labute approximate surface area is 124 Å². The van der Waals surface area contributed by atoms with Gasteiger partial charge >= 0.3 is 6.09 Å². The lowest BCUT2D eigenvalue weighted by Crippen LogP contribution is -2.36. The number of amides is 1. The maximum atomic E-state index is 13.8. The number of halogens is 1. The number of ether oxygens (including phenoxy) is 1. The Hall–Kier alpha value is -1.62. The summed E-state index contributed by atoms with van der Waals surface area (Å²) >= 11 is 0. The first-order valence-corrected chi connectivity index (χ1v) is 7.20. The van der Waals surface area contributed by atoms with Crippen LogP contribution in [0.25, 0.3) is 0 Å². The van der Waals surface area contributed by atoms with Gasteiger partial charge in [-0.3, -0.25) is 0 Å². The third-order valence-electron chi connectivity index (χ3n) is 3.51. The van der Waals surface area contributed by atoms with Crippen molar-refractivity contribution < 1.29 is 19.0 Å². The van der Waals surface area contributed by atoms with E-state index in [-0.39, 0.29) is 24.3 Å². The molecule has 0 aromatic heterocycles. The van der Waals surface area contributed by atoms with Gasteiger partial charge in [-0.15, -0.1) is 0 Å². The van der Waals surface area contributed by atoms with Crippen molar-refractivity contribution in [2.24, 2.45) is 0 Å². The molecule has 0 saturated carbocycles. The van der Waals surface area contributed by atoms with Gasteiger partial charge < -0.3 is 14.7 Å². The van der Waals surface area contributed by atoms with E-state index >= 15 is 0 Å². The van der Waals surface area contributed by atoms with Crippen molar-refractivity contribution in [1.29, 1.82) is 0 Å². The summed E-state index contributed by atoms with van der Waals surface area (Å²) in [7, 11) is 0. The van der Waals surface area contributed by atoms with E-state index < -0.39 is 11.4 Å². The molecule has 1 fully saturated rings. The average Bonchev–Trinajstić information content (AvgIpc) is 2.85. The maximum Gasteiger partial charge on any atom is 0.410 e. The standard InChI is InChI=1S/C16H22FNO3/c1-16(2,3)21-15(20)18-8-4-5-14(18)11-6-7-12(10-19)13(17)9-11/h6-7,9,14,19H,4-5,8,10H2,1-3H3. The molecule has 5 heteroatoms. The summed E-state index contributed by atoms with van der Waals surface area (Å²) in [6, 6.07) is 4.57. The van der Waals surface area contributed by atoms with Crippen LogP contribution < -0.4 is 0 Å². The topological polar surface area (TPSA) is 49.8 Å². The molecule has 0 radical (unpaired) electrons. The quantitative estimate of drug-likeness (QED) is 0.910. The summed E-state index contributed by atoms with van der Waals surface area (Å²) in [6.07, 6.45) is 1.29. The molecule has 4 nitrogen and oxygen atoms in total. The minimum atomic E-state index is -0.545. The second kappa shape index (κ2) is 6.02. The zero-order valence-electron chi connectivity index (χ0n) is 12.7. The molecule has 116 valence electrons. The van der Waals surface area contributed by atoms with Crippen LogP contribution in [0.2, 0.25) is 0 Å². The highest BCUT2D eigenvalue weighted by atomic mass is 19.1. The summed E-state index contributed by atoms with van der Waals surface area (Å²) in [4.78, 5) is 13.9. The average molecular weight is 295 g/mol. The largest absolute Gasteiger partial charge is 0.444 e. The number of carbonyl (C=O) groups is 1. The normalized spacial score (nSPS) is 18.9. The number of hydrogen-bond acceptors (Lipinski definition) is 3. The van der Waals surface area contributed by atoms with Crippen molar-refractivity contribution >= 4 is 6.09 Å². The number of nitrogens with zero attached hydrogens (tertiary/aromatic N) is 1. The van der Waals surface area contributed by atoms with Gasteiger partial charge in [-0.25, -0.2) is 9.18 Å². The minimum absolute atomic E-state index is 0.165. The van der Waals surface area contributed by atoms with Crippen LogP contribution in [0, 0.1) is 5.82 Å². The maximum absolute atomic E-state index is 13.8. The van der Waals surface area contributed by atoms with Crippen LogP contribution in [0.3, 0.4) is 0 Å². The van der Waals surface area contributed by atoms with Crippen molar-refractivity contribution in [2.75, 3.05) is 6.54 Å². The van der Waals surface area contributed by atoms with E-state index in [1.165, 1.54) is 6.07 Å². The predicted molar refractivity (Wildman–Crippen MR) is 77.2 cm³/mol. The van der Waals surface area contributed by atoms with Crippen molar-refractivity contribution in [3.63, 3.8) is 0 Å². The van der Waals surface area contributed by atoms with Crippen molar-refractivity contribution in [3.05, 3.63) is 35.1 Å². The molecule has 2 rings (SSSR count). The van der Waals surface area contributed by atoms with Crippen LogP contribution in [-0.4, -0.2) is 28.2 Å². The number of likely N-dealkylation sites (tertiary alicyclic amines) is 1. The van der Waals surface area contributed by atoms with Crippen LogP contribution in [0.1, 0.15) is 50.8 Å². The first-order chi connectivity index (χ1) is 9.81. The summed E-state index contributed by atoms with van der Waals surface area (Å²) in [5, 5.41) is 9.02. The Morgan fingerprint density at radius 2 is 2.19 bits per heavy atom. The Morgan fingerprint density at radius 1 is 1.48 bits per heavy atom. The molecule has 1 amide bonds. The zero-order valence-corrected chi connectivity index (χ0v) is 12.7. The Bertz CT molecular complexity index is 525. The third-order valence-corrected chi connectivity index (χ3v) is 3.51. The lowest BCUT2D eigenvalue weighted by atomic mass is 10.0. The number of hydrogen-bond donors (Lipinski definition) is 1. The van der Waals surface area contributed by atoms with E-state index in [2.05, 4.69) is 0 Å². The molecular weight excluding hydrogens is 273 g/mol. The van der Waals surface area contributed by atoms with Crippen molar-refractivity contribution in [3.8, 4) is 0 Å². The fourth-order valence-corrected chi connectivity index (χ4v) is 2.55. The van der Waals surface area contributed by atoms with E-state index in [4.69, 9.17) is 9.84 Å². The molecule has 0 bridgehead atoms. The molecule has 1 aromatic rings. The van der Waals surface area contributed by atoms with Gasteiger partial charge in [0.15, 0.2) is 0 Å². The number of aliphatic hydroxyl groups excluding tert-OH is 1. The summed E-state index contributed by atoms with van der Waals surface area (Å²) < 4.78 is 19.2. The molecule has 1 atom stereocenters. The zero-order chi connectivity index (χ0) is 15.6.